The molecule has 1 amide bonds. The van der Waals surface area contributed by atoms with Gasteiger partial charge in [-0.25, -0.2) is 0 Å². The van der Waals surface area contributed by atoms with Crippen LogP contribution in [0.2, 0.25) is 0 Å². The number of halogens is 1. The van der Waals surface area contributed by atoms with Crippen LogP contribution in [-0.2, 0) is 4.79 Å². The van der Waals surface area contributed by atoms with Gasteiger partial charge in [-0.1, -0.05) is 15.9 Å². The third kappa shape index (κ3) is 6.42. The average Bonchev–Trinajstić information content (AvgIpc) is 2.36. The molecule has 0 saturated carbocycles. The third-order valence-corrected chi connectivity index (χ3v) is 3.94. The van der Waals surface area contributed by atoms with E-state index in [1.807, 2.05) is 12.1 Å². The van der Waals surface area contributed by atoms with Crippen LogP contribution in [0.15, 0.2) is 33.6 Å². The van der Waals surface area contributed by atoms with Crippen molar-refractivity contribution in [3.8, 4) is 0 Å². The summed E-state index contributed by atoms with van der Waals surface area (Å²) in [5.41, 5.74) is 0. The molecule has 3 nitrogen and oxygen atoms in total. The van der Waals surface area contributed by atoms with Crippen LogP contribution in [-0.4, -0.2) is 29.4 Å². The molecule has 1 aromatic rings. The number of hydrogen-bond donors (Lipinski definition) is 2. The Hall–Kier alpha value is -0.520. The average molecular weight is 332 g/mol. The summed E-state index contributed by atoms with van der Waals surface area (Å²) < 4.78 is 1.07. The van der Waals surface area contributed by atoms with Crippen LogP contribution in [0.5, 0.6) is 0 Å². The molecule has 0 aliphatic heterocycles. The lowest BCUT2D eigenvalue weighted by Crippen LogP contribution is -2.34. The molecule has 0 fully saturated rings. The van der Waals surface area contributed by atoms with Crippen molar-refractivity contribution in [2.24, 2.45) is 0 Å². The molecular formula is C13H18BrNO2S. The van der Waals surface area contributed by atoms with Crippen molar-refractivity contribution in [1.82, 2.24) is 5.32 Å². The highest BCUT2D eigenvalue weighted by Gasteiger charge is 2.05. The van der Waals surface area contributed by atoms with Crippen molar-refractivity contribution in [2.75, 3.05) is 12.4 Å². The Morgan fingerprint density at radius 3 is 2.72 bits per heavy atom. The summed E-state index contributed by atoms with van der Waals surface area (Å²) in [5, 5.41) is 11.5. The minimum absolute atomic E-state index is 0.00737. The van der Waals surface area contributed by atoms with Gasteiger partial charge in [-0.2, -0.15) is 0 Å². The van der Waals surface area contributed by atoms with Gasteiger partial charge >= 0.3 is 0 Å². The number of aliphatic hydroxyl groups excluding tert-OH is 1. The van der Waals surface area contributed by atoms with E-state index in [1.165, 1.54) is 4.90 Å². The van der Waals surface area contributed by atoms with E-state index in [0.29, 0.717) is 6.42 Å². The number of benzene rings is 1. The zero-order chi connectivity index (χ0) is 13.4. The minimum atomic E-state index is -0.156. The molecule has 2 N–H and O–H groups in total. The van der Waals surface area contributed by atoms with E-state index in [1.54, 1.807) is 18.7 Å². The highest BCUT2D eigenvalue weighted by atomic mass is 79.9. The molecule has 0 bridgehead atoms. The first-order valence-corrected chi connectivity index (χ1v) is 7.68. The number of aliphatic hydroxyl groups is 1. The largest absolute Gasteiger partial charge is 0.394 e. The number of carbonyl (C=O) groups is 1. The molecule has 5 heteroatoms. The van der Waals surface area contributed by atoms with Crippen molar-refractivity contribution < 1.29 is 9.90 Å². The Balaban J connectivity index is 2.15. The summed E-state index contributed by atoms with van der Waals surface area (Å²) in [6, 6.07) is 7.98. The monoisotopic (exact) mass is 331 g/mol. The topological polar surface area (TPSA) is 49.3 Å². The van der Waals surface area contributed by atoms with Gasteiger partial charge in [0.1, 0.15) is 0 Å². The highest BCUT2D eigenvalue weighted by molar-refractivity contribution is 9.10. The van der Waals surface area contributed by atoms with Gasteiger partial charge in [0.15, 0.2) is 0 Å². The summed E-state index contributed by atoms with van der Waals surface area (Å²) in [7, 11) is 0. The molecule has 0 aliphatic rings. The molecule has 100 valence electrons. The molecule has 18 heavy (non-hydrogen) atoms. The normalized spacial score (nSPS) is 12.2. The third-order valence-electron chi connectivity index (χ3n) is 2.31. The molecule has 0 radical (unpaired) electrons. The Morgan fingerprint density at radius 2 is 2.11 bits per heavy atom. The number of rotatable bonds is 7. The lowest BCUT2D eigenvalue weighted by Gasteiger charge is -2.10. The van der Waals surface area contributed by atoms with Crippen LogP contribution < -0.4 is 5.32 Å². The second-order valence-electron chi connectivity index (χ2n) is 4.06. The van der Waals surface area contributed by atoms with Gasteiger partial charge < -0.3 is 10.4 Å². The van der Waals surface area contributed by atoms with Crippen LogP contribution >= 0.6 is 27.7 Å². The fourth-order valence-corrected chi connectivity index (χ4v) is 2.46. The van der Waals surface area contributed by atoms with E-state index < -0.39 is 0 Å². The molecule has 0 aliphatic carbocycles. The fraction of sp³-hybridized carbons (Fsp3) is 0.462. The maximum absolute atomic E-state index is 11.4. The van der Waals surface area contributed by atoms with Crippen molar-refractivity contribution in [2.45, 2.75) is 30.7 Å². The zero-order valence-electron chi connectivity index (χ0n) is 10.4. The summed E-state index contributed by atoms with van der Waals surface area (Å²) in [5.74, 6) is 0.927. The first-order valence-electron chi connectivity index (χ1n) is 5.90. The highest BCUT2D eigenvalue weighted by Crippen LogP contribution is 2.21. The molecule has 0 spiro atoms. The van der Waals surface area contributed by atoms with Gasteiger partial charge in [0, 0.05) is 21.8 Å². The van der Waals surface area contributed by atoms with Gasteiger partial charge in [-0.15, -0.1) is 11.8 Å². The quantitative estimate of drug-likeness (QED) is 0.596. The molecule has 1 atom stereocenters. The van der Waals surface area contributed by atoms with Crippen molar-refractivity contribution in [1.29, 1.82) is 0 Å². The Morgan fingerprint density at radius 1 is 1.44 bits per heavy atom. The van der Waals surface area contributed by atoms with E-state index in [2.05, 4.69) is 33.4 Å². The predicted octanol–water partition coefficient (Wildman–Crippen LogP) is 2.82. The second kappa shape index (κ2) is 8.56. The molecule has 0 heterocycles. The standard InChI is InChI=1S/C13H18BrNO2S/c1-10(9-16)15-13(17)3-2-8-18-12-6-4-11(14)5-7-12/h4-7,10,16H,2-3,8-9H2,1H3,(H,15,17). The van der Waals surface area contributed by atoms with Gasteiger partial charge in [0.05, 0.1) is 6.61 Å². The summed E-state index contributed by atoms with van der Waals surface area (Å²) >= 11 is 5.14. The first kappa shape index (κ1) is 15.5. The van der Waals surface area contributed by atoms with Gasteiger partial charge in [-0.3, -0.25) is 4.79 Å². The molecule has 1 unspecified atom stereocenters. The van der Waals surface area contributed by atoms with E-state index in [0.717, 1.165) is 16.6 Å². The van der Waals surface area contributed by atoms with Gasteiger partial charge in [0.2, 0.25) is 5.91 Å². The van der Waals surface area contributed by atoms with Crippen molar-refractivity contribution in [3.05, 3.63) is 28.7 Å². The number of thioether (sulfide) groups is 1. The minimum Gasteiger partial charge on any atom is -0.394 e. The molecule has 0 aromatic heterocycles. The van der Waals surface area contributed by atoms with E-state index in [-0.39, 0.29) is 18.6 Å². The first-order chi connectivity index (χ1) is 8.61. The Bertz CT molecular complexity index is 370. The molecule has 1 rings (SSSR count). The van der Waals surface area contributed by atoms with E-state index >= 15 is 0 Å². The predicted molar refractivity (Wildman–Crippen MR) is 78.8 cm³/mol. The van der Waals surface area contributed by atoms with Crippen LogP contribution in [0.25, 0.3) is 0 Å². The lowest BCUT2D eigenvalue weighted by atomic mass is 10.3. The van der Waals surface area contributed by atoms with Crippen molar-refractivity contribution >= 4 is 33.6 Å². The number of hydrogen-bond acceptors (Lipinski definition) is 3. The number of amides is 1. The van der Waals surface area contributed by atoms with Crippen LogP contribution in [0.3, 0.4) is 0 Å². The Labute approximate surface area is 120 Å². The Kier molecular flexibility index (Phi) is 7.39. The van der Waals surface area contributed by atoms with E-state index in [4.69, 9.17) is 5.11 Å². The van der Waals surface area contributed by atoms with Crippen LogP contribution in [0.1, 0.15) is 19.8 Å². The van der Waals surface area contributed by atoms with Gasteiger partial charge in [0.25, 0.3) is 0 Å². The molecule has 1 aromatic carbocycles. The zero-order valence-corrected chi connectivity index (χ0v) is 12.8. The number of nitrogens with one attached hydrogen (secondary N) is 1. The number of carbonyl (C=O) groups excluding carboxylic acids is 1. The summed E-state index contributed by atoms with van der Waals surface area (Å²) in [6.45, 7) is 1.77. The van der Waals surface area contributed by atoms with Crippen molar-refractivity contribution in [3.63, 3.8) is 0 Å². The summed E-state index contributed by atoms with van der Waals surface area (Å²) in [6.07, 6.45) is 1.35. The maximum atomic E-state index is 11.4. The lowest BCUT2D eigenvalue weighted by molar-refractivity contribution is -0.121. The van der Waals surface area contributed by atoms with Gasteiger partial charge in [-0.05, 0) is 43.4 Å². The fourth-order valence-electron chi connectivity index (χ4n) is 1.35. The smallest absolute Gasteiger partial charge is 0.220 e. The summed E-state index contributed by atoms with van der Waals surface area (Å²) in [4.78, 5) is 12.6. The van der Waals surface area contributed by atoms with E-state index in [9.17, 15) is 4.79 Å². The molecular weight excluding hydrogens is 314 g/mol. The van der Waals surface area contributed by atoms with Crippen LogP contribution in [0.4, 0.5) is 0 Å². The molecule has 0 saturated heterocycles. The SMILES string of the molecule is CC(CO)NC(=O)CCCSc1ccc(Br)cc1. The maximum Gasteiger partial charge on any atom is 0.220 e. The van der Waals surface area contributed by atoms with Crippen LogP contribution in [0, 0.1) is 0 Å². The second-order valence-corrected chi connectivity index (χ2v) is 6.14.